The summed E-state index contributed by atoms with van der Waals surface area (Å²) in [6.45, 7) is 0. The molecule has 0 spiro atoms. The fourth-order valence-corrected chi connectivity index (χ4v) is 3.96. The maximum atomic E-state index is 12.8. The van der Waals surface area contributed by atoms with Crippen LogP contribution in [0.1, 0.15) is 0 Å². The van der Waals surface area contributed by atoms with Gasteiger partial charge in [-0.25, -0.2) is 4.21 Å². The van der Waals surface area contributed by atoms with Crippen molar-refractivity contribution in [2.45, 2.75) is 9.79 Å². The van der Waals surface area contributed by atoms with Crippen molar-refractivity contribution in [1.29, 1.82) is 0 Å². The van der Waals surface area contributed by atoms with Gasteiger partial charge in [0.1, 0.15) is 0 Å². The molecule has 0 saturated carbocycles. The lowest BCUT2D eigenvalue weighted by molar-refractivity contribution is 0.683. The van der Waals surface area contributed by atoms with E-state index in [2.05, 4.69) is 23.5 Å². The first-order chi connectivity index (χ1) is 10.3. The summed E-state index contributed by atoms with van der Waals surface area (Å²) in [4.78, 5) is 1.69. The molecular weight excluding hydrogens is 278 g/mol. The Balaban J connectivity index is 1.94. The first-order valence-electron chi connectivity index (χ1n) is 6.81. The van der Waals surface area contributed by atoms with Crippen molar-refractivity contribution in [2.75, 3.05) is 5.32 Å². The Morgan fingerprint density at radius 2 is 1.43 bits per heavy atom. The van der Waals surface area contributed by atoms with E-state index in [1.54, 1.807) is 0 Å². The third-order valence-electron chi connectivity index (χ3n) is 3.66. The van der Waals surface area contributed by atoms with E-state index < -0.39 is 10.8 Å². The zero-order chi connectivity index (χ0) is 14.2. The van der Waals surface area contributed by atoms with Crippen LogP contribution in [0.3, 0.4) is 0 Å². The van der Waals surface area contributed by atoms with Crippen LogP contribution >= 0.6 is 0 Å². The molecular formula is C18H13NOS. The van der Waals surface area contributed by atoms with Crippen molar-refractivity contribution in [3.05, 3.63) is 72.8 Å². The van der Waals surface area contributed by atoms with Gasteiger partial charge in [-0.05, 0) is 23.8 Å². The van der Waals surface area contributed by atoms with Crippen LogP contribution in [0, 0.1) is 0 Å². The molecule has 0 aromatic heterocycles. The fraction of sp³-hybridized carbons (Fsp3) is 0. The second-order valence-corrected chi connectivity index (χ2v) is 6.35. The topological polar surface area (TPSA) is 29.1 Å². The van der Waals surface area contributed by atoms with Crippen molar-refractivity contribution in [2.24, 2.45) is 0 Å². The number of anilines is 2. The molecule has 1 heterocycles. The van der Waals surface area contributed by atoms with Gasteiger partial charge in [0.05, 0.1) is 32.0 Å². The molecule has 1 aliphatic rings. The number of hydrogen-bond donors (Lipinski definition) is 1. The standard InChI is InChI=1S/C18H13NOS/c20-21-16-11-5-4-10-15(16)19-18-14(9-6-12-17(18)21)13-7-2-1-3-8-13/h1-12,19H. The normalized spacial score (nSPS) is 15.7. The Labute approximate surface area is 125 Å². The average Bonchev–Trinajstić information content (AvgIpc) is 2.56. The van der Waals surface area contributed by atoms with Crippen LogP contribution in [0.4, 0.5) is 11.4 Å². The quantitative estimate of drug-likeness (QED) is 0.556. The first-order valence-corrected chi connectivity index (χ1v) is 7.96. The molecule has 0 fully saturated rings. The van der Waals surface area contributed by atoms with Gasteiger partial charge in [-0.2, -0.15) is 0 Å². The second-order valence-electron chi connectivity index (χ2n) is 4.93. The van der Waals surface area contributed by atoms with Crippen molar-refractivity contribution < 1.29 is 4.21 Å². The predicted molar refractivity (Wildman–Crippen MR) is 86.3 cm³/mol. The summed E-state index contributed by atoms with van der Waals surface area (Å²) in [6, 6.07) is 23.9. The van der Waals surface area contributed by atoms with Gasteiger partial charge in [-0.15, -0.1) is 0 Å². The highest BCUT2D eigenvalue weighted by molar-refractivity contribution is 7.85. The molecule has 102 valence electrons. The number of para-hydroxylation sites is 2. The van der Waals surface area contributed by atoms with Crippen LogP contribution in [0.2, 0.25) is 0 Å². The van der Waals surface area contributed by atoms with Crippen LogP contribution in [0.25, 0.3) is 11.1 Å². The van der Waals surface area contributed by atoms with Crippen LogP contribution in [0.5, 0.6) is 0 Å². The van der Waals surface area contributed by atoms with E-state index >= 15 is 0 Å². The summed E-state index contributed by atoms with van der Waals surface area (Å²) in [6.07, 6.45) is 0. The molecule has 1 aliphatic heterocycles. The Kier molecular flexibility index (Phi) is 2.86. The summed E-state index contributed by atoms with van der Waals surface area (Å²) in [5.74, 6) is 0. The summed E-state index contributed by atoms with van der Waals surface area (Å²) in [7, 11) is -1.14. The molecule has 1 N–H and O–H groups in total. The Morgan fingerprint density at radius 1 is 0.714 bits per heavy atom. The van der Waals surface area contributed by atoms with Crippen molar-refractivity contribution in [1.82, 2.24) is 0 Å². The number of benzene rings is 3. The van der Waals surface area contributed by atoms with Gasteiger partial charge < -0.3 is 5.32 Å². The van der Waals surface area contributed by atoms with Gasteiger partial charge in [0.25, 0.3) is 0 Å². The number of rotatable bonds is 1. The van der Waals surface area contributed by atoms with E-state index in [1.807, 2.05) is 54.6 Å². The number of fused-ring (bicyclic) bond motifs is 2. The van der Waals surface area contributed by atoms with Gasteiger partial charge in [0, 0.05) is 5.56 Å². The van der Waals surface area contributed by atoms with Crippen LogP contribution < -0.4 is 5.32 Å². The molecule has 4 rings (SSSR count). The number of nitrogens with one attached hydrogen (secondary N) is 1. The minimum atomic E-state index is -1.14. The molecule has 0 saturated heterocycles. The molecule has 0 bridgehead atoms. The van der Waals surface area contributed by atoms with E-state index in [4.69, 9.17) is 0 Å². The Hall–Kier alpha value is -2.39. The summed E-state index contributed by atoms with van der Waals surface area (Å²) in [5, 5.41) is 3.44. The zero-order valence-electron chi connectivity index (χ0n) is 11.2. The summed E-state index contributed by atoms with van der Waals surface area (Å²) < 4.78 is 12.8. The largest absolute Gasteiger partial charge is 0.353 e. The molecule has 0 amide bonds. The number of hydrogen-bond acceptors (Lipinski definition) is 2. The van der Waals surface area contributed by atoms with E-state index in [1.165, 1.54) is 0 Å². The predicted octanol–water partition coefficient (Wildman–Crippen LogP) is 4.58. The van der Waals surface area contributed by atoms with E-state index in [-0.39, 0.29) is 0 Å². The average molecular weight is 291 g/mol. The smallest absolute Gasteiger partial charge is 0.0892 e. The monoisotopic (exact) mass is 291 g/mol. The lowest BCUT2D eigenvalue weighted by atomic mass is 10.0. The van der Waals surface area contributed by atoms with Crippen LogP contribution in [0.15, 0.2) is 82.6 Å². The molecule has 21 heavy (non-hydrogen) atoms. The van der Waals surface area contributed by atoms with Gasteiger partial charge in [0.15, 0.2) is 0 Å². The summed E-state index contributed by atoms with van der Waals surface area (Å²) in [5.41, 5.74) is 4.07. The highest BCUT2D eigenvalue weighted by Crippen LogP contribution is 2.41. The van der Waals surface area contributed by atoms with E-state index in [0.29, 0.717) is 0 Å². The molecule has 2 nitrogen and oxygen atoms in total. The molecule has 3 heteroatoms. The second kappa shape index (κ2) is 4.86. The Bertz CT molecular complexity index is 843. The van der Waals surface area contributed by atoms with Gasteiger partial charge in [0.2, 0.25) is 0 Å². The molecule has 3 aromatic rings. The molecule has 1 unspecified atom stereocenters. The van der Waals surface area contributed by atoms with Gasteiger partial charge >= 0.3 is 0 Å². The van der Waals surface area contributed by atoms with E-state index in [0.717, 1.165) is 32.3 Å². The van der Waals surface area contributed by atoms with Gasteiger partial charge in [-0.3, -0.25) is 0 Å². The van der Waals surface area contributed by atoms with Crippen LogP contribution in [-0.4, -0.2) is 4.21 Å². The zero-order valence-corrected chi connectivity index (χ0v) is 12.1. The van der Waals surface area contributed by atoms with Gasteiger partial charge in [-0.1, -0.05) is 54.6 Å². The fourth-order valence-electron chi connectivity index (χ4n) is 2.66. The highest BCUT2D eigenvalue weighted by Gasteiger charge is 2.23. The molecule has 3 aromatic carbocycles. The van der Waals surface area contributed by atoms with Crippen molar-refractivity contribution >= 4 is 22.2 Å². The maximum Gasteiger partial charge on any atom is 0.0892 e. The van der Waals surface area contributed by atoms with Crippen molar-refractivity contribution in [3.8, 4) is 11.1 Å². The van der Waals surface area contributed by atoms with Crippen molar-refractivity contribution in [3.63, 3.8) is 0 Å². The molecule has 1 atom stereocenters. The molecule has 0 aliphatic carbocycles. The lowest BCUT2D eigenvalue weighted by Gasteiger charge is -2.23. The SMILES string of the molecule is O=S1c2ccccc2Nc2c(-c3ccccc3)cccc21. The molecule has 0 radical (unpaired) electrons. The minimum Gasteiger partial charge on any atom is -0.353 e. The van der Waals surface area contributed by atoms with E-state index in [9.17, 15) is 4.21 Å². The maximum absolute atomic E-state index is 12.8. The lowest BCUT2D eigenvalue weighted by Crippen LogP contribution is -2.09. The third-order valence-corrected chi connectivity index (χ3v) is 5.15. The third kappa shape index (κ3) is 1.98. The first kappa shape index (κ1) is 12.4. The minimum absolute atomic E-state index is 0.843. The highest BCUT2D eigenvalue weighted by atomic mass is 32.2. The van der Waals surface area contributed by atoms with Crippen LogP contribution in [-0.2, 0) is 10.8 Å². The summed E-state index contributed by atoms with van der Waals surface area (Å²) >= 11 is 0. The Morgan fingerprint density at radius 3 is 2.29 bits per heavy atom.